The lowest BCUT2D eigenvalue weighted by molar-refractivity contribution is 0.427. The van der Waals surface area contributed by atoms with Crippen LogP contribution in [0.4, 0.5) is 4.39 Å². The third kappa shape index (κ3) is 2.24. The number of piperidine rings is 1. The van der Waals surface area contributed by atoms with Crippen molar-refractivity contribution in [2.75, 3.05) is 13.1 Å². The van der Waals surface area contributed by atoms with Gasteiger partial charge in [0.25, 0.3) is 0 Å². The Labute approximate surface area is 93.1 Å². The molecule has 2 N–H and O–H groups in total. The van der Waals surface area contributed by atoms with Crippen LogP contribution in [-0.2, 0) is 0 Å². The molecule has 0 spiro atoms. The van der Waals surface area contributed by atoms with E-state index in [1.807, 2.05) is 0 Å². The number of phenols is 1. The third-order valence-corrected chi connectivity index (χ3v) is 3.10. The van der Waals surface area contributed by atoms with Gasteiger partial charge in [0, 0.05) is 6.54 Å². The molecule has 15 heavy (non-hydrogen) atoms. The number of rotatable bonds is 1. The van der Waals surface area contributed by atoms with Crippen molar-refractivity contribution in [2.45, 2.75) is 18.8 Å². The fraction of sp³-hybridized carbons (Fsp3) is 0.455. The Bertz CT molecular complexity index is 341. The monoisotopic (exact) mass is 229 g/mol. The van der Waals surface area contributed by atoms with Gasteiger partial charge in [-0.25, -0.2) is 4.39 Å². The van der Waals surface area contributed by atoms with Crippen LogP contribution in [0.15, 0.2) is 12.1 Å². The number of aromatic hydroxyl groups is 1. The van der Waals surface area contributed by atoms with Crippen molar-refractivity contribution in [2.24, 2.45) is 0 Å². The van der Waals surface area contributed by atoms with Crippen molar-refractivity contribution in [3.05, 3.63) is 28.5 Å². The normalized spacial score (nSPS) is 21.6. The van der Waals surface area contributed by atoms with Crippen LogP contribution in [0, 0.1) is 5.82 Å². The smallest absolute Gasteiger partial charge is 0.170 e. The number of phenolic OH excluding ortho intramolecular Hbond substituents is 1. The molecule has 0 amide bonds. The van der Waals surface area contributed by atoms with Crippen LogP contribution in [0.3, 0.4) is 0 Å². The van der Waals surface area contributed by atoms with Crippen LogP contribution in [0.25, 0.3) is 0 Å². The topological polar surface area (TPSA) is 32.3 Å². The molecule has 0 aliphatic carbocycles. The van der Waals surface area contributed by atoms with Gasteiger partial charge < -0.3 is 10.4 Å². The van der Waals surface area contributed by atoms with E-state index < -0.39 is 11.6 Å². The molecule has 0 aromatic heterocycles. The Morgan fingerprint density at radius 1 is 1.47 bits per heavy atom. The van der Waals surface area contributed by atoms with E-state index in [4.69, 9.17) is 11.6 Å². The highest BCUT2D eigenvalue weighted by atomic mass is 35.5. The zero-order valence-electron chi connectivity index (χ0n) is 8.26. The molecule has 0 saturated carbocycles. The quantitative estimate of drug-likeness (QED) is 0.776. The van der Waals surface area contributed by atoms with E-state index in [2.05, 4.69) is 5.32 Å². The Balaban J connectivity index is 2.27. The van der Waals surface area contributed by atoms with E-state index in [-0.39, 0.29) is 5.02 Å². The molecular weight excluding hydrogens is 217 g/mol. The largest absolute Gasteiger partial charge is 0.504 e. The summed E-state index contributed by atoms with van der Waals surface area (Å²) in [5.74, 6) is -0.793. The maximum absolute atomic E-state index is 13.2. The molecule has 0 radical (unpaired) electrons. The van der Waals surface area contributed by atoms with Gasteiger partial charge in [0.2, 0.25) is 0 Å². The second-order valence-electron chi connectivity index (χ2n) is 3.88. The van der Waals surface area contributed by atoms with Gasteiger partial charge in [-0.05, 0) is 43.0 Å². The molecule has 82 valence electrons. The first kappa shape index (κ1) is 10.7. The lowest BCUT2D eigenvalue weighted by Gasteiger charge is -2.23. The number of benzene rings is 1. The van der Waals surface area contributed by atoms with Crippen molar-refractivity contribution >= 4 is 11.6 Å². The van der Waals surface area contributed by atoms with Gasteiger partial charge in [-0.2, -0.15) is 0 Å². The highest BCUT2D eigenvalue weighted by Gasteiger charge is 2.18. The zero-order valence-corrected chi connectivity index (χ0v) is 9.02. The Kier molecular flexibility index (Phi) is 3.12. The summed E-state index contributed by atoms with van der Waals surface area (Å²) >= 11 is 5.73. The Morgan fingerprint density at radius 2 is 2.27 bits per heavy atom. The van der Waals surface area contributed by atoms with E-state index in [0.717, 1.165) is 31.5 Å². The van der Waals surface area contributed by atoms with Crippen molar-refractivity contribution in [1.82, 2.24) is 5.32 Å². The molecule has 1 unspecified atom stereocenters. The number of hydrogen-bond donors (Lipinski definition) is 2. The predicted molar refractivity (Wildman–Crippen MR) is 57.9 cm³/mol. The van der Waals surface area contributed by atoms with E-state index in [9.17, 15) is 9.50 Å². The van der Waals surface area contributed by atoms with Crippen molar-refractivity contribution in [3.8, 4) is 5.75 Å². The van der Waals surface area contributed by atoms with Gasteiger partial charge in [-0.15, -0.1) is 0 Å². The third-order valence-electron chi connectivity index (χ3n) is 2.81. The molecule has 1 heterocycles. The summed E-state index contributed by atoms with van der Waals surface area (Å²) in [6.07, 6.45) is 2.12. The molecule has 2 rings (SSSR count). The summed E-state index contributed by atoms with van der Waals surface area (Å²) in [7, 11) is 0. The fourth-order valence-electron chi connectivity index (χ4n) is 1.96. The minimum atomic E-state index is -0.636. The van der Waals surface area contributed by atoms with Gasteiger partial charge in [0.15, 0.2) is 11.6 Å². The van der Waals surface area contributed by atoms with Crippen molar-refractivity contribution in [1.29, 1.82) is 0 Å². The first-order valence-electron chi connectivity index (χ1n) is 5.07. The highest BCUT2D eigenvalue weighted by Crippen LogP contribution is 2.32. The maximum atomic E-state index is 13.2. The highest BCUT2D eigenvalue weighted by molar-refractivity contribution is 6.32. The molecule has 1 aromatic carbocycles. The van der Waals surface area contributed by atoms with E-state index >= 15 is 0 Å². The number of halogens is 2. The molecule has 1 aliphatic heterocycles. The van der Waals surface area contributed by atoms with E-state index in [1.165, 1.54) is 6.07 Å². The second kappa shape index (κ2) is 4.37. The second-order valence-corrected chi connectivity index (χ2v) is 4.28. The molecule has 2 nitrogen and oxygen atoms in total. The Morgan fingerprint density at radius 3 is 2.87 bits per heavy atom. The maximum Gasteiger partial charge on any atom is 0.170 e. The van der Waals surface area contributed by atoms with E-state index in [1.54, 1.807) is 6.07 Å². The minimum absolute atomic E-state index is 0.0931. The average Bonchev–Trinajstić information content (AvgIpc) is 2.26. The van der Waals surface area contributed by atoms with Crippen LogP contribution in [0.2, 0.25) is 5.02 Å². The summed E-state index contributed by atoms with van der Waals surface area (Å²) in [6.45, 7) is 1.87. The molecular formula is C11H13ClFNO. The molecule has 1 aliphatic rings. The lowest BCUT2D eigenvalue weighted by atomic mass is 9.91. The van der Waals surface area contributed by atoms with Crippen LogP contribution in [0.5, 0.6) is 5.75 Å². The number of nitrogens with one attached hydrogen (secondary N) is 1. The van der Waals surface area contributed by atoms with E-state index in [0.29, 0.717) is 5.92 Å². The van der Waals surface area contributed by atoms with Gasteiger partial charge >= 0.3 is 0 Å². The van der Waals surface area contributed by atoms with Crippen LogP contribution in [-0.4, -0.2) is 18.2 Å². The summed E-state index contributed by atoms with van der Waals surface area (Å²) in [5.41, 5.74) is 0.863. The summed E-state index contributed by atoms with van der Waals surface area (Å²) in [6, 6.07) is 3.02. The molecule has 0 bridgehead atoms. The summed E-state index contributed by atoms with van der Waals surface area (Å²) < 4.78 is 13.2. The Hall–Kier alpha value is -0.800. The summed E-state index contributed by atoms with van der Waals surface area (Å²) in [4.78, 5) is 0. The standard InChI is InChI=1S/C11H13ClFNO/c12-9-4-8(5-10(13)11(9)15)7-2-1-3-14-6-7/h4-5,7,14-15H,1-3,6H2. The fourth-order valence-corrected chi connectivity index (χ4v) is 2.17. The van der Waals surface area contributed by atoms with Crippen LogP contribution >= 0.6 is 11.6 Å². The van der Waals surface area contributed by atoms with Gasteiger partial charge in [0.05, 0.1) is 5.02 Å². The molecule has 1 fully saturated rings. The lowest BCUT2D eigenvalue weighted by Crippen LogP contribution is -2.28. The van der Waals surface area contributed by atoms with Crippen LogP contribution in [0.1, 0.15) is 24.3 Å². The zero-order chi connectivity index (χ0) is 10.8. The first-order valence-corrected chi connectivity index (χ1v) is 5.45. The van der Waals surface area contributed by atoms with Gasteiger partial charge in [0.1, 0.15) is 0 Å². The van der Waals surface area contributed by atoms with Crippen LogP contribution < -0.4 is 5.32 Å². The van der Waals surface area contributed by atoms with Crippen molar-refractivity contribution < 1.29 is 9.50 Å². The number of hydrogen-bond acceptors (Lipinski definition) is 2. The molecule has 1 atom stereocenters. The molecule has 1 aromatic rings. The molecule has 1 saturated heterocycles. The van der Waals surface area contributed by atoms with Crippen molar-refractivity contribution in [3.63, 3.8) is 0 Å². The average molecular weight is 230 g/mol. The first-order chi connectivity index (χ1) is 7.18. The van der Waals surface area contributed by atoms with Gasteiger partial charge in [-0.1, -0.05) is 11.6 Å². The SMILES string of the molecule is Oc1c(F)cc(C2CCCNC2)cc1Cl. The predicted octanol–water partition coefficient (Wildman–Crippen LogP) is 2.65. The molecule has 4 heteroatoms. The minimum Gasteiger partial charge on any atom is -0.504 e. The van der Waals surface area contributed by atoms with Gasteiger partial charge in [-0.3, -0.25) is 0 Å². The summed E-state index contributed by atoms with van der Waals surface area (Å²) in [5, 5.41) is 12.6.